The number of hydrogen-bond acceptors (Lipinski definition) is 2. The Morgan fingerprint density at radius 2 is 1.73 bits per heavy atom. The van der Waals surface area contributed by atoms with Gasteiger partial charge < -0.3 is 4.84 Å². The predicted molar refractivity (Wildman–Crippen MR) is 66.8 cm³/mol. The molecule has 0 fully saturated rings. The Hall–Kier alpha value is -0.380. The maximum absolute atomic E-state index is 5.15. The molecular weight excluding hydrogens is 254 g/mol. The average molecular weight is 272 g/mol. The van der Waals surface area contributed by atoms with Gasteiger partial charge in [-0.1, -0.05) is 41.9 Å². The molecule has 0 heterocycles. The van der Waals surface area contributed by atoms with Crippen molar-refractivity contribution in [2.24, 2.45) is 5.90 Å². The molecule has 15 heavy (non-hydrogen) atoms. The van der Waals surface area contributed by atoms with Gasteiger partial charge in [0.15, 0.2) is 0 Å². The molecule has 2 nitrogen and oxygen atoms in total. The number of halogens is 1. The first-order valence-electron chi connectivity index (χ1n) is 4.97. The lowest BCUT2D eigenvalue weighted by Gasteiger charge is -2.25. The van der Waals surface area contributed by atoms with Gasteiger partial charge in [0.1, 0.15) is 0 Å². The first-order chi connectivity index (χ1) is 6.88. The molecule has 0 aliphatic rings. The number of hydrogen-bond donors (Lipinski definition) is 1. The summed E-state index contributed by atoms with van der Waals surface area (Å²) in [6, 6.07) is 4.35. The van der Waals surface area contributed by atoms with Gasteiger partial charge in [0.05, 0.1) is 6.61 Å². The second-order valence-electron chi connectivity index (χ2n) is 4.62. The summed E-state index contributed by atoms with van der Waals surface area (Å²) in [6.07, 6.45) is 0. The molecule has 0 bridgehead atoms. The fourth-order valence-corrected chi connectivity index (χ4v) is 1.86. The van der Waals surface area contributed by atoms with Crippen LogP contribution in [0, 0.1) is 13.8 Å². The Morgan fingerprint density at radius 1 is 1.27 bits per heavy atom. The van der Waals surface area contributed by atoms with Crippen molar-refractivity contribution in [1.82, 2.24) is 0 Å². The molecule has 1 aromatic rings. The summed E-state index contributed by atoms with van der Waals surface area (Å²) in [5, 5.41) is 0. The van der Waals surface area contributed by atoms with Crippen molar-refractivity contribution < 1.29 is 4.84 Å². The third kappa shape index (κ3) is 2.80. The molecule has 0 saturated heterocycles. The number of rotatable bonds is 3. The largest absolute Gasteiger partial charge is 0.304 e. The van der Waals surface area contributed by atoms with Gasteiger partial charge >= 0.3 is 0 Å². The summed E-state index contributed by atoms with van der Waals surface area (Å²) in [7, 11) is 0. The van der Waals surface area contributed by atoms with Crippen molar-refractivity contribution >= 4 is 15.9 Å². The van der Waals surface area contributed by atoms with Gasteiger partial charge in [-0.2, -0.15) is 0 Å². The van der Waals surface area contributed by atoms with Crippen molar-refractivity contribution in [2.75, 3.05) is 6.61 Å². The number of nitrogens with two attached hydrogens (primary N) is 1. The monoisotopic (exact) mass is 271 g/mol. The van der Waals surface area contributed by atoms with Crippen LogP contribution in [0.15, 0.2) is 16.6 Å². The van der Waals surface area contributed by atoms with Crippen LogP contribution in [0.5, 0.6) is 0 Å². The average Bonchev–Trinajstić information content (AvgIpc) is 2.13. The maximum Gasteiger partial charge on any atom is 0.0770 e. The molecule has 0 atom stereocenters. The van der Waals surface area contributed by atoms with Crippen molar-refractivity contribution in [1.29, 1.82) is 0 Å². The van der Waals surface area contributed by atoms with E-state index in [4.69, 9.17) is 10.7 Å². The van der Waals surface area contributed by atoms with E-state index in [1.54, 1.807) is 0 Å². The summed E-state index contributed by atoms with van der Waals surface area (Å²) in [5.41, 5.74) is 3.70. The zero-order valence-electron chi connectivity index (χ0n) is 9.73. The highest BCUT2D eigenvalue weighted by molar-refractivity contribution is 9.10. The van der Waals surface area contributed by atoms with Crippen LogP contribution in [0.1, 0.15) is 30.5 Å². The summed E-state index contributed by atoms with van der Waals surface area (Å²) in [4.78, 5) is 4.76. The smallest absolute Gasteiger partial charge is 0.0770 e. The molecule has 0 saturated carbocycles. The third-order valence-electron chi connectivity index (χ3n) is 2.66. The molecule has 0 aliphatic carbocycles. The topological polar surface area (TPSA) is 35.2 Å². The SMILES string of the molecule is Cc1cc(C(C)(C)CON)cc(C)c1Br. The molecule has 0 aromatic heterocycles. The molecule has 3 heteroatoms. The molecule has 84 valence electrons. The zero-order valence-corrected chi connectivity index (χ0v) is 11.3. The van der Waals surface area contributed by atoms with Crippen LogP contribution in [0.4, 0.5) is 0 Å². The van der Waals surface area contributed by atoms with Crippen LogP contribution >= 0.6 is 15.9 Å². The van der Waals surface area contributed by atoms with Crippen LogP contribution in [0.25, 0.3) is 0 Å². The first-order valence-corrected chi connectivity index (χ1v) is 5.76. The van der Waals surface area contributed by atoms with Crippen LogP contribution < -0.4 is 5.90 Å². The van der Waals surface area contributed by atoms with Crippen molar-refractivity contribution in [3.8, 4) is 0 Å². The summed E-state index contributed by atoms with van der Waals surface area (Å²) in [6.45, 7) is 8.97. The van der Waals surface area contributed by atoms with E-state index in [2.05, 4.69) is 55.8 Å². The quantitative estimate of drug-likeness (QED) is 0.857. The lowest BCUT2D eigenvalue weighted by molar-refractivity contribution is 0.0964. The highest BCUT2D eigenvalue weighted by atomic mass is 79.9. The van der Waals surface area contributed by atoms with Crippen LogP contribution in [-0.4, -0.2) is 6.61 Å². The molecule has 2 N–H and O–H groups in total. The molecular formula is C12H18BrNO. The van der Waals surface area contributed by atoms with Crippen molar-refractivity contribution in [3.05, 3.63) is 33.3 Å². The van der Waals surface area contributed by atoms with Gasteiger partial charge in [-0.25, -0.2) is 5.90 Å². The molecule has 0 aliphatic heterocycles. The lowest BCUT2D eigenvalue weighted by atomic mass is 9.84. The molecule has 0 radical (unpaired) electrons. The minimum atomic E-state index is -0.0506. The second-order valence-corrected chi connectivity index (χ2v) is 5.41. The van der Waals surface area contributed by atoms with Crippen molar-refractivity contribution in [3.63, 3.8) is 0 Å². The van der Waals surface area contributed by atoms with E-state index in [0.717, 1.165) is 0 Å². The Bertz CT molecular complexity index is 338. The molecule has 0 amide bonds. The van der Waals surface area contributed by atoms with E-state index in [0.29, 0.717) is 6.61 Å². The normalized spacial score (nSPS) is 11.9. The van der Waals surface area contributed by atoms with Gasteiger partial charge in [0.25, 0.3) is 0 Å². The van der Waals surface area contributed by atoms with E-state index in [1.807, 2.05) is 0 Å². The maximum atomic E-state index is 5.15. The Labute approximate surface area is 99.9 Å². The van der Waals surface area contributed by atoms with Crippen LogP contribution in [0.2, 0.25) is 0 Å². The van der Waals surface area contributed by atoms with E-state index < -0.39 is 0 Å². The zero-order chi connectivity index (χ0) is 11.6. The molecule has 1 rings (SSSR count). The predicted octanol–water partition coefficient (Wildman–Crippen LogP) is 3.23. The van der Waals surface area contributed by atoms with Crippen LogP contribution in [-0.2, 0) is 10.3 Å². The van der Waals surface area contributed by atoms with Gasteiger partial charge in [0, 0.05) is 9.89 Å². The minimum Gasteiger partial charge on any atom is -0.304 e. The number of aryl methyl sites for hydroxylation is 2. The van der Waals surface area contributed by atoms with E-state index in [-0.39, 0.29) is 5.41 Å². The summed E-state index contributed by atoms with van der Waals surface area (Å²) < 4.78 is 1.18. The Morgan fingerprint density at radius 3 is 2.13 bits per heavy atom. The van der Waals surface area contributed by atoms with Gasteiger partial charge in [-0.05, 0) is 30.5 Å². The summed E-state index contributed by atoms with van der Waals surface area (Å²) in [5.74, 6) is 5.15. The molecule has 0 unspecified atom stereocenters. The minimum absolute atomic E-state index is 0.0506. The fourth-order valence-electron chi connectivity index (χ4n) is 1.63. The molecule has 0 spiro atoms. The Balaban J connectivity index is 3.16. The van der Waals surface area contributed by atoms with Gasteiger partial charge in [0.2, 0.25) is 0 Å². The number of benzene rings is 1. The van der Waals surface area contributed by atoms with Crippen molar-refractivity contribution in [2.45, 2.75) is 33.1 Å². The van der Waals surface area contributed by atoms with Gasteiger partial charge in [-0.15, -0.1) is 0 Å². The molecule has 1 aromatic carbocycles. The Kier molecular flexibility index (Phi) is 3.93. The third-order valence-corrected chi connectivity index (χ3v) is 3.91. The fraction of sp³-hybridized carbons (Fsp3) is 0.500. The van der Waals surface area contributed by atoms with Gasteiger partial charge in [-0.3, -0.25) is 0 Å². The lowest BCUT2D eigenvalue weighted by Crippen LogP contribution is -2.26. The van der Waals surface area contributed by atoms with E-state index >= 15 is 0 Å². The highest BCUT2D eigenvalue weighted by Gasteiger charge is 2.21. The first kappa shape index (κ1) is 12.7. The van der Waals surface area contributed by atoms with E-state index in [9.17, 15) is 0 Å². The summed E-state index contributed by atoms with van der Waals surface area (Å²) >= 11 is 3.56. The standard InChI is InChI=1S/C12H18BrNO/c1-8-5-10(6-9(2)11(8)13)12(3,4)7-15-14/h5-6H,7,14H2,1-4H3. The van der Waals surface area contributed by atoms with E-state index in [1.165, 1.54) is 21.2 Å². The van der Waals surface area contributed by atoms with Crippen LogP contribution in [0.3, 0.4) is 0 Å². The highest BCUT2D eigenvalue weighted by Crippen LogP contribution is 2.29. The second kappa shape index (κ2) is 4.64.